The number of hydrogen-bond donors (Lipinski definition) is 3. The lowest BCUT2D eigenvalue weighted by molar-refractivity contribution is -0.120. The van der Waals surface area contributed by atoms with E-state index in [4.69, 9.17) is 5.73 Å². The smallest absolute Gasteiger partial charge is 0.235 e. The fourth-order valence-electron chi connectivity index (χ4n) is 1.70. The zero-order chi connectivity index (χ0) is 15.2. The molecule has 0 spiro atoms. The Kier molecular flexibility index (Phi) is 6.12. The molecule has 6 nitrogen and oxygen atoms in total. The van der Waals surface area contributed by atoms with Crippen molar-refractivity contribution in [2.75, 3.05) is 6.54 Å². The molecule has 1 aromatic rings. The molecule has 20 heavy (non-hydrogen) atoms. The second-order valence-corrected chi connectivity index (χ2v) is 6.58. The lowest BCUT2D eigenvalue weighted by Gasteiger charge is -2.11. The van der Waals surface area contributed by atoms with Crippen molar-refractivity contribution in [3.05, 3.63) is 35.4 Å². The summed E-state index contributed by atoms with van der Waals surface area (Å²) in [6.45, 7) is 3.64. The van der Waals surface area contributed by atoms with Crippen molar-refractivity contribution in [1.82, 2.24) is 10.0 Å². The SMILES string of the molecule is CC(C)NC(=O)CNS(=O)(=O)Cc1ccccc1CN. The Bertz CT molecular complexity index is 556. The van der Waals surface area contributed by atoms with E-state index in [1.54, 1.807) is 18.2 Å². The van der Waals surface area contributed by atoms with Crippen molar-refractivity contribution in [2.45, 2.75) is 32.2 Å². The highest BCUT2D eigenvalue weighted by molar-refractivity contribution is 7.88. The van der Waals surface area contributed by atoms with Crippen LogP contribution >= 0.6 is 0 Å². The third-order valence-electron chi connectivity index (χ3n) is 2.59. The summed E-state index contributed by atoms with van der Waals surface area (Å²) in [6.07, 6.45) is 0. The van der Waals surface area contributed by atoms with E-state index in [0.717, 1.165) is 5.56 Å². The second kappa shape index (κ2) is 7.37. The van der Waals surface area contributed by atoms with E-state index >= 15 is 0 Å². The number of carbonyl (C=O) groups is 1. The van der Waals surface area contributed by atoms with Crippen LogP contribution in [0.4, 0.5) is 0 Å². The van der Waals surface area contributed by atoms with E-state index in [1.165, 1.54) is 0 Å². The van der Waals surface area contributed by atoms with E-state index in [1.807, 2.05) is 19.9 Å². The van der Waals surface area contributed by atoms with Gasteiger partial charge in [0.25, 0.3) is 0 Å². The molecule has 0 fully saturated rings. The van der Waals surface area contributed by atoms with Gasteiger partial charge in [0.2, 0.25) is 15.9 Å². The van der Waals surface area contributed by atoms with Crippen LogP contribution in [0, 0.1) is 0 Å². The molecule has 0 aromatic heterocycles. The van der Waals surface area contributed by atoms with E-state index in [0.29, 0.717) is 5.56 Å². The van der Waals surface area contributed by atoms with Crippen LogP contribution < -0.4 is 15.8 Å². The van der Waals surface area contributed by atoms with Gasteiger partial charge in [-0.05, 0) is 25.0 Å². The third-order valence-corrected chi connectivity index (χ3v) is 3.86. The van der Waals surface area contributed by atoms with E-state index < -0.39 is 10.0 Å². The normalized spacial score (nSPS) is 11.6. The summed E-state index contributed by atoms with van der Waals surface area (Å²) in [7, 11) is -3.56. The van der Waals surface area contributed by atoms with Crippen LogP contribution in [0.15, 0.2) is 24.3 Å². The minimum atomic E-state index is -3.56. The van der Waals surface area contributed by atoms with Gasteiger partial charge in [0.1, 0.15) is 0 Å². The molecule has 7 heteroatoms. The summed E-state index contributed by atoms with van der Waals surface area (Å²) in [5.41, 5.74) is 6.99. The van der Waals surface area contributed by atoms with Crippen molar-refractivity contribution >= 4 is 15.9 Å². The Morgan fingerprint density at radius 3 is 2.40 bits per heavy atom. The van der Waals surface area contributed by atoms with Crippen LogP contribution in [0.1, 0.15) is 25.0 Å². The largest absolute Gasteiger partial charge is 0.353 e. The van der Waals surface area contributed by atoms with Crippen LogP contribution in [0.2, 0.25) is 0 Å². The maximum atomic E-state index is 11.9. The average molecular weight is 299 g/mol. The van der Waals surface area contributed by atoms with Crippen LogP contribution in [-0.2, 0) is 27.1 Å². The highest BCUT2D eigenvalue weighted by atomic mass is 32.2. The number of sulfonamides is 1. The first-order valence-electron chi connectivity index (χ1n) is 6.37. The molecule has 0 radical (unpaired) electrons. The molecule has 0 saturated carbocycles. The quantitative estimate of drug-likeness (QED) is 0.664. The number of benzene rings is 1. The summed E-state index contributed by atoms with van der Waals surface area (Å²) in [5, 5.41) is 2.62. The van der Waals surface area contributed by atoms with Gasteiger partial charge in [-0.25, -0.2) is 13.1 Å². The highest BCUT2D eigenvalue weighted by Crippen LogP contribution is 2.11. The molecule has 0 atom stereocenters. The monoisotopic (exact) mass is 299 g/mol. The first-order chi connectivity index (χ1) is 9.34. The predicted molar refractivity (Wildman–Crippen MR) is 78.2 cm³/mol. The maximum absolute atomic E-state index is 11.9. The lowest BCUT2D eigenvalue weighted by Crippen LogP contribution is -2.40. The summed E-state index contributed by atoms with van der Waals surface area (Å²) in [5.74, 6) is -0.536. The minimum absolute atomic E-state index is 0.0232. The van der Waals surface area contributed by atoms with Gasteiger partial charge in [-0.3, -0.25) is 4.79 Å². The number of amides is 1. The Hall–Kier alpha value is -1.44. The van der Waals surface area contributed by atoms with Crippen molar-refractivity contribution in [3.8, 4) is 0 Å². The molecule has 4 N–H and O–H groups in total. The summed E-state index contributed by atoms with van der Waals surface area (Å²) >= 11 is 0. The van der Waals surface area contributed by atoms with Gasteiger partial charge < -0.3 is 11.1 Å². The molecule has 0 aliphatic carbocycles. The Morgan fingerprint density at radius 1 is 1.25 bits per heavy atom. The predicted octanol–water partition coefficient (Wildman–Crippen LogP) is 0.0893. The van der Waals surface area contributed by atoms with Crippen LogP contribution in [0.25, 0.3) is 0 Å². The summed E-state index contributed by atoms with van der Waals surface area (Å²) in [4.78, 5) is 11.4. The van der Waals surface area contributed by atoms with Gasteiger partial charge in [-0.15, -0.1) is 0 Å². The molecule has 0 aliphatic rings. The fourth-order valence-corrected chi connectivity index (χ4v) is 2.85. The zero-order valence-electron chi connectivity index (χ0n) is 11.7. The molecule has 1 rings (SSSR count). The number of hydrogen-bond acceptors (Lipinski definition) is 4. The van der Waals surface area contributed by atoms with Gasteiger partial charge in [-0.1, -0.05) is 24.3 Å². The molecule has 112 valence electrons. The topological polar surface area (TPSA) is 101 Å². The van der Waals surface area contributed by atoms with E-state index in [9.17, 15) is 13.2 Å². The molecular weight excluding hydrogens is 278 g/mol. The Labute approximate surface area is 119 Å². The number of nitrogens with one attached hydrogen (secondary N) is 2. The molecule has 0 bridgehead atoms. The zero-order valence-corrected chi connectivity index (χ0v) is 12.5. The van der Waals surface area contributed by atoms with Crippen LogP contribution in [-0.4, -0.2) is 26.9 Å². The number of carbonyl (C=O) groups excluding carboxylic acids is 1. The fraction of sp³-hybridized carbons (Fsp3) is 0.462. The van der Waals surface area contributed by atoms with Crippen molar-refractivity contribution in [2.24, 2.45) is 5.73 Å². The summed E-state index contributed by atoms with van der Waals surface area (Å²) < 4.78 is 26.1. The lowest BCUT2D eigenvalue weighted by atomic mass is 10.1. The standard InChI is InChI=1S/C13H21N3O3S/c1-10(2)16-13(17)8-15-20(18,19)9-12-6-4-3-5-11(12)7-14/h3-6,10,15H,7-9,14H2,1-2H3,(H,16,17). The average Bonchev–Trinajstić information content (AvgIpc) is 2.36. The number of nitrogens with two attached hydrogens (primary N) is 1. The van der Waals surface area contributed by atoms with Crippen LogP contribution in [0.3, 0.4) is 0 Å². The Balaban J connectivity index is 2.64. The third kappa shape index (κ3) is 5.68. The van der Waals surface area contributed by atoms with Crippen LogP contribution in [0.5, 0.6) is 0 Å². The van der Waals surface area contributed by atoms with Crippen molar-refractivity contribution in [3.63, 3.8) is 0 Å². The first-order valence-corrected chi connectivity index (χ1v) is 8.03. The molecule has 0 saturated heterocycles. The second-order valence-electron chi connectivity index (χ2n) is 4.78. The van der Waals surface area contributed by atoms with E-state index in [-0.39, 0.29) is 30.8 Å². The van der Waals surface area contributed by atoms with E-state index in [2.05, 4.69) is 10.0 Å². The molecular formula is C13H21N3O3S. The van der Waals surface area contributed by atoms with Gasteiger partial charge >= 0.3 is 0 Å². The summed E-state index contributed by atoms with van der Waals surface area (Å²) in [6, 6.07) is 7.05. The van der Waals surface area contributed by atoms with Gasteiger partial charge in [0, 0.05) is 12.6 Å². The maximum Gasteiger partial charge on any atom is 0.235 e. The van der Waals surface area contributed by atoms with Crippen molar-refractivity contribution in [1.29, 1.82) is 0 Å². The highest BCUT2D eigenvalue weighted by Gasteiger charge is 2.15. The van der Waals surface area contributed by atoms with Gasteiger partial charge in [-0.2, -0.15) is 0 Å². The number of rotatable bonds is 7. The Morgan fingerprint density at radius 2 is 1.85 bits per heavy atom. The molecule has 1 aromatic carbocycles. The van der Waals surface area contributed by atoms with Crippen molar-refractivity contribution < 1.29 is 13.2 Å². The molecule has 0 heterocycles. The van der Waals surface area contributed by atoms with Gasteiger partial charge in [0.15, 0.2) is 0 Å². The minimum Gasteiger partial charge on any atom is -0.353 e. The van der Waals surface area contributed by atoms with Gasteiger partial charge in [0.05, 0.1) is 12.3 Å². The molecule has 0 aliphatic heterocycles. The molecule has 0 unspecified atom stereocenters. The molecule has 1 amide bonds. The first kappa shape index (κ1) is 16.6.